The molecule has 1 aliphatic rings. The Balaban J connectivity index is 1.69. The number of esters is 1. The van der Waals surface area contributed by atoms with E-state index in [4.69, 9.17) is 9.47 Å². The summed E-state index contributed by atoms with van der Waals surface area (Å²) in [7, 11) is -2.58. The third-order valence-electron chi connectivity index (χ3n) is 6.87. The zero-order valence-electron chi connectivity index (χ0n) is 22.9. The number of carbonyl (C=O) groups excluding carboxylic acids is 2. The van der Waals surface area contributed by atoms with Gasteiger partial charge in [-0.05, 0) is 62.6 Å². The fourth-order valence-electron chi connectivity index (χ4n) is 4.85. The molecule has 10 heteroatoms. The van der Waals surface area contributed by atoms with Crippen LogP contribution in [0.4, 0.5) is 11.4 Å². The first-order chi connectivity index (χ1) is 19.2. The highest BCUT2D eigenvalue weighted by atomic mass is 32.2. The van der Waals surface area contributed by atoms with Crippen LogP contribution in [-0.2, 0) is 19.6 Å². The molecular formula is C30H35N3O6S. The lowest BCUT2D eigenvalue weighted by Crippen LogP contribution is -2.40. The molecule has 0 bridgehead atoms. The normalized spacial score (nSPS) is 16.2. The van der Waals surface area contributed by atoms with Crippen molar-refractivity contribution in [3.63, 3.8) is 0 Å². The number of hydrogen-bond donors (Lipinski definition) is 2. The van der Waals surface area contributed by atoms with Crippen LogP contribution in [0.1, 0.15) is 48.7 Å². The number of sulfonamides is 1. The van der Waals surface area contributed by atoms with Gasteiger partial charge in [0.25, 0.3) is 5.91 Å². The van der Waals surface area contributed by atoms with E-state index in [1.54, 1.807) is 50.2 Å². The summed E-state index contributed by atoms with van der Waals surface area (Å²) in [5.41, 5.74) is 1.90. The molecular weight excluding hydrogens is 530 g/mol. The number of nitrogens with zero attached hydrogens (tertiary/aromatic N) is 1. The lowest BCUT2D eigenvalue weighted by Gasteiger charge is -2.34. The molecule has 3 aromatic carbocycles. The van der Waals surface area contributed by atoms with Gasteiger partial charge in [-0.15, -0.1) is 0 Å². The molecule has 40 heavy (non-hydrogen) atoms. The van der Waals surface area contributed by atoms with E-state index in [-0.39, 0.29) is 23.4 Å². The Morgan fingerprint density at radius 1 is 1.05 bits per heavy atom. The molecule has 3 aromatic rings. The quantitative estimate of drug-likeness (QED) is 0.341. The number of benzene rings is 3. The number of ether oxygens (including phenoxy) is 2. The van der Waals surface area contributed by atoms with Crippen LogP contribution in [0.15, 0.2) is 77.7 Å². The first-order valence-corrected chi connectivity index (χ1v) is 14.8. The van der Waals surface area contributed by atoms with Crippen LogP contribution in [0.3, 0.4) is 0 Å². The van der Waals surface area contributed by atoms with Gasteiger partial charge in [-0.1, -0.05) is 42.5 Å². The Hall–Kier alpha value is -3.89. The van der Waals surface area contributed by atoms with Crippen LogP contribution < -0.4 is 19.7 Å². The standard InChI is InChI=1S/C30H35N3O6S/c1-4-39-30(35)23-13-10-18-33(20-23)26-17-16-24(31-29(34)25-14-8-9-15-27(25)38-3)19-28(26)40(36,37)32-21(2)22-11-6-5-7-12-22/h5-9,11-12,14-17,19,21,23,32H,4,10,13,18,20H2,1-3H3,(H,31,34)/t21-,23-/m0/s1. The van der Waals surface area contributed by atoms with Gasteiger partial charge in [0, 0.05) is 24.8 Å². The van der Waals surface area contributed by atoms with Gasteiger partial charge in [0.2, 0.25) is 10.0 Å². The van der Waals surface area contributed by atoms with E-state index in [0.717, 1.165) is 5.56 Å². The molecule has 1 fully saturated rings. The van der Waals surface area contributed by atoms with Crippen LogP contribution in [0.5, 0.6) is 5.75 Å². The number of rotatable bonds is 10. The molecule has 212 valence electrons. The lowest BCUT2D eigenvalue weighted by molar-refractivity contribution is -0.148. The number of piperidine rings is 1. The molecule has 0 radical (unpaired) electrons. The topological polar surface area (TPSA) is 114 Å². The van der Waals surface area contributed by atoms with E-state index < -0.39 is 22.0 Å². The van der Waals surface area contributed by atoms with Crippen molar-refractivity contribution in [1.82, 2.24) is 4.72 Å². The van der Waals surface area contributed by atoms with Gasteiger partial charge in [-0.3, -0.25) is 9.59 Å². The van der Waals surface area contributed by atoms with Gasteiger partial charge in [0.1, 0.15) is 10.6 Å². The molecule has 1 saturated heterocycles. The number of nitrogens with one attached hydrogen (secondary N) is 2. The second kappa shape index (κ2) is 13.0. The van der Waals surface area contributed by atoms with Crippen LogP contribution in [0.2, 0.25) is 0 Å². The number of methoxy groups -OCH3 is 1. The fourth-order valence-corrected chi connectivity index (χ4v) is 6.34. The van der Waals surface area contributed by atoms with E-state index in [1.165, 1.54) is 13.2 Å². The lowest BCUT2D eigenvalue weighted by atomic mass is 9.97. The Morgan fingerprint density at radius 3 is 2.50 bits per heavy atom. The first kappa shape index (κ1) is 29.1. The summed E-state index contributed by atoms with van der Waals surface area (Å²) < 4.78 is 41.0. The molecule has 1 heterocycles. The van der Waals surface area contributed by atoms with Crippen LogP contribution in [-0.4, -0.2) is 47.1 Å². The highest BCUT2D eigenvalue weighted by Crippen LogP contribution is 2.33. The average Bonchev–Trinajstić information content (AvgIpc) is 2.97. The minimum absolute atomic E-state index is 0.0117. The van der Waals surface area contributed by atoms with Gasteiger partial charge in [0.15, 0.2) is 0 Å². The predicted octanol–water partition coefficient (Wildman–Crippen LogP) is 4.77. The van der Waals surface area contributed by atoms with Gasteiger partial charge in [-0.25, -0.2) is 13.1 Å². The molecule has 0 aromatic heterocycles. The second-order valence-electron chi connectivity index (χ2n) is 9.63. The third-order valence-corrected chi connectivity index (χ3v) is 8.44. The summed E-state index contributed by atoms with van der Waals surface area (Å²) in [6.45, 7) is 4.75. The predicted molar refractivity (Wildman–Crippen MR) is 154 cm³/mol. The van der Waals surface area contributed by atoms with E-state index in [0.29, 0.717) is 48.6 Å². The number of anilines is 2. The highest BCUT2D eigenvalue weighted by Gasteiger charge is 2.31. The van der Waals surface area contributed by atoms with E-state index in [1.807, 2.05) is 35.2 Å². The molecule has 1 aliphatic heterocycles. The van der Waals surface area contributed by atoms with Crippen molar-refractivity contribution in [1.29, 1.82) is 0 Å². The molecule has 9 nitrogen and oxygen atoms in total. The fraction of sp³-hybridized carbons (Fsp3) is 0.333. The second-order valence-corrected chi connectivity index (χ2v) is 11.3. The minimum Gasteiger partial charge on any atom is -0.496 e. The average molecular weight is 566 g/mol. The summed E-state index contributed by atoms with van der Waals surface area (Å²) in [6, 6.07) is 20.4. The van der Waals surface area contributed by atoms with Crippen molar-refractivity contribution in [3.05, 3.63) is 83.9 Å². The largest absolute Gasteiger partial charge is 0.496 e. The Bertz CT molecular complexity index is 1440. The number of para-hydroxylation sites is 1. The van der Waals surface area contributed by atoms with Crippen molar-refractivity contribution in [3.8, 4) is 5.75 Å². The molecule has 2 N–H and O–H groups in total. The maximum Gasteiger partial charge on any atom is 0.310 e. The molecule has 0 spiro atoms. The van der Waals surface area contributed by atoms with Gasteiger partial charge < -0.3 is 19.7 Å². The van der Waals surface area contributed by atoms with Crippen LogP contribution in [0, 0.1) is 5.92 Å². The smallest absolute Gasteiger partial charge is 0.310 e. The SMILES string of the molecule is CCOC(=O)[C@H]1CCCN(c2ccc(NC(=O)c3ccccc3OC)cc2S(=O)(=O)N[C@@H](C)c2ccccc2)C1. The third kappa shape index (κ3) is 6.81. The maximum absolute atomic E-state index is 13.8. The summed E-state index contributed by atoms with van der Waals surface area (Å²) in [6.07, 6.45) is 1.39. The molecule has 0 unspecified atom stereocenters. The highest BCUT2D eigenvalue weighted by molar-refractivity contribution is 7.89. The first-order valence-electron chi connectivity index (χ1n) is 13.3. The summed E-state index contributed by atoms with van der Waals surface area (Å²) in [5, 5.41) is 2.80. The maximum atomic E-state index is 13.8. The van der Waals surface area contributed by atoms with E-state index in [9.17, 15) is 18.0 Å². The zero-order chi connectivity index (χ0) is 28.7. The summed E-state index contributed by atoms with van der Waals surface area (Å²) in [5.74, 6) is -0.667. The number of amides is 1. The summed E-state index contributed by atoms with van der Waals surface area (Å²) in [4.78, 5) is 27.5. The molecule has 1 amide bonds. The number of hydrogen-bond acceptors (Lipinski definition) is 7. The van der Waals surface area contributed by atoms with Gasteiger partial charge in [0.05, 0.1) is 30.9 Å². The van der Waals surface area contributed by atoms with Crippen molar-refractivity contribution in [2.45, 2.75) is 37.6 Å². The van der Waals surface area contributed by atoms with Crippen molar-refractivity contribution in [2.75, 3.05) is 37.0 Å². The molecule has 0 aliphatic carbocycles. The van der Waals surface area contributed by atoms with Gasteiger partial charge in [-0.2, -0.15) is 0 Å². The minimum atomic E-state index is -4.06. The van der Waals surface area contributed by atoms with E-state index in [2.05, 4.69) is 10.0 Å². The van der Waals surface area contributed by atoms with Crippen molar-refractivity contribution >= 4 is 33.3 Å². The molecule has 0 saturated carbocycles. The summed E-state index contributed by atoms with van der Waals surface area (Å²) >= 11 is 0. The Morgan fingerprint density at radius 2 is 1.77 bits per heavy atom. The van der Waals surface area contributed by atoms with Crippen LogP contribution >= 0.6 is 0 Å². The van der Waals surface area contributed by atoms with Crippen molar-refractivity contribution in [2.24, 2.45) is 5.92 Å². The van der Waals surface area contributed by atoms with Crippen LogP contribution in [0.25, 0.3) is 0 Å². The molecule has 4 rings (SSSR count). The molecule has 2 atom stereocenters. The van der Waals surface area contributed by atoms with Gasteiger partial charge >= 0.3 is 5.97 Å². The Labute approximate surface area is 235 Å². The zero-order valence-corrected chi connectivity index (χ0v) is 23.7. The van der Waals surface area contributed by atoms with Crippen molar-refractivity contribution < 1.29 is 27.5 Å². The number of carbonyl (C=O) groups is 2. The van der Waals surface area contributed by atoms with E-state index >= 15 is 0 Å². The Kier molecular flexibility index (Phi) is 9.44. The monoisotopic (exact) mass is 565 g/mol.